The van der Waals surface area contributed by atoms with Gasteiger partial charge >= 0.3 is 0 Å². The molecule has 1 aromatic heterocycles. The largest absolute Gasteiger partial charge is 0.489 e. The van der Waals surface area contributed by atoms with Gasteiger partial charge in [0.1, 0.15) is 0 Å². The van der Waals surface area contributed by atoms with Crippen LogP contribution in [-0.4, -0.2) is 28.7 Å². The lowest BCUT2D eigenvalue weighted by Crippen LogP contribution is -2.31. The summed E-state index contributed by atoms with van der Waals surface area (Å²) < 4.78 is 13.7. The predicted molar refractivity (Wildman–Crippen MR) is 99.9 cm³/mol. The smallest absolute Gasteiger partial charge is 0.212 e. The Morgan fingerprint density at radius 1 is 1.15 bits per heavy atom. The number of aryl methyl sites for hydroxylation is 1. The first-order chi connectivity index (χ1) is 12.7. The molecule has 2 aliphatic rings. The van der Waals surface area contributed by atoms with Gasteiger partial charge in [-0.1, -0.05) is 29.8 Å². The molecule has 0 amide bonds. The zero-order chi connectivity index (χ0) is 17.7. The van der Waals surface area contributed by atoms with Crippen molar-refractivity contribution in [3.05, 3.63) is 47.5 Å². The van der Waals surface area contributed by atoms with Gasteiger partial charge in [-0.05, 0) is 12.5 Å². The van der Waals surface area contributed by atoms with Crippen LogP contribution >= 0.6 is 0 Å². The lowest BCUT2D eigenvalue weighted by molar-refractivity contribution is 0.297. The highest BCUT2D eigenvalue weighted by Gasteiger charge is 2.26. The van der Waals surface area contributed by atoms with Gasteiger partial charge in [0.2, 0.25) is 5.95 Å². The van der Waals surface area contributed by atoms with E-state index in [-0.39, 0.29) is 6.17 Å². The highest BCUT2D eigenvalue weighted by atomic mass is 16.5. The van der Waals surface area contributed by atoms with Crippen molar-refractivity contribution in [3.8, 4) is 11.5 Å². The van der Waals surface area contributed by atoms with Crippen molar-refractivity contribution in [2.75, 3.05) is 18.5 Å². The molecule has 2 aromatic carbocycles. The fourth-order valence-electron chi connectivity index (χ4n) is 3.48. The Hall–Kier alpha value is -3.22. The Kier molecular flexibility index (Phi) is 3.28. The van der Waals surface area contributed by atoms with E-state index in [2.05, 4.69) is 40.0 Å². The van der Waals surface area contributed by atoms with Crippen LogP contribution in [-0.2, 0) is 0 Å². The van der Waals surface area contributed by atoms with Gasteiger partial charge in [0, 0.05) is 18.6 Å². The van der Waals surface area contributed by atoms with E-state index in [4.69, 9.17) is 20.2 Å². The van der Waals surface area contributed by atoms with Crippen LogP contribution in [0.1, 0.15) is 23.7 Å². The number of aromatic nitrogens is 2. The van der Waals surface area contributed by atoms with Gasteiger partial charge in [-0.2, -0.15) is 0 Å². The number of hydrogen-bond donors (Lipinski definition) is 2. The molecule has 3 aromatic rings. The van der Waals surface area contributed by atoms with Crippen LogP contribution in [0.5, 0.6) is 11.5 Å². The first-order valence-corrected chi connectivity index (χ1v) is 8.67. The molecular formula is C19H19N5O2. The number of nitrogens with zero attached hydrogens (tertiary/aromatic N) is 3. The molecule has 0 radical (unpaired) electrons. The van der Waals surface area contributed by atoms with Crippen LogP contribution < -0.4 is 20.5 Å². The second-order valence-electron chi connectivity index (χ2n) is 6.57. The average molecular weight is 349 g/mol. The van der Waals surface area contributed by atoms with Crippen LogP contribution in [0.4, 0.5) is 5.95 Å². The van der Waals surface area contributed by atoms with Crippen molar-refractivity contribution < 1.29 is 9.47 Å². The minimum atomic E-state index is -0.277. The molecule has 7 heteroatoms. The van der Waals surface area contributed by atoms with E-state index < -0.39 is 0 Å². The lowest BCUT2D eigenvalue weighted by Gasteiger charge is -2.24. The molecule has 0 saturated carbocycles. The molecule has 2 aliphatic heterocycles. The molecule has 1 atom stereocenters. The molecule has 1 unspecified atom stereocenters. The van der Waals surface area contributed by atoms with E-state index in [1.807, 2.05) is 18.2 Å². The minimum Gasteiger partial charge on any atom is -0.489 e. The number of guanidine groups is 1. The third kappa shape index (κ3) is 2.35. The molecule has 5 rings (SSSR count). The van der Waals surface area contributed by atoms with E-state index in [1.54, 1.807) is 0 Å². The Labute approximate surface area is 150 Å². The maximum atomic E-state index is 6.02. The topological polar surface area (TPSA) is 86.7 Å². The molecule has 0 spiro atoms. The highest BCUT2D eigenvalue weighted by Crippen LogP contribution is 2.39. The molecule has 3 heterocycles. The third-order valence-electron chi connectivity index (χ3n) is 4.64. The summed E-state index contributed by atoms with van der Waals surface area (Å²) in [6, 6.07) is 12.2. The number of hydrogen-bond acceptors (Lipinski definition) is 6. The summed E-state index contributed by atoms with van der Waals surface area (Å²) in [7, 11) is 0. The van der Waals surface area contributed by atoms with Crippen LogP contribution in [0.3, 0.4) is 0 Å². The summed E-state index contributed by atoms with van der Waals surface area (Å²) in [6.07, 6.45) is 0.590. The van der Waals surface area contributed by atoms with Gasteiger partial charge in [0.25, 0.3) is 0 Å². The van der Waals surface area contributed by atoms with E-state index in [0.717, 1.165) is 34.5 Å². The maximum Gasteiger partial charge on any atom is 0.212 e. The fraction of sp³-hybridized carbons (Fsp3) is 0.263. The summed E-state index contributed by atoms with van der Waals surface area (Å²) >= 11 is 0. The molecule has 7 nitrogen and oxygen atoms in total. The maximum absolute atomic E-state index is 6.02. The minimum absolute atomic E-state index is 0.277. The van der Waals surface area contributed by atoms with Crippen LogP contribution in [0.2, 0.25) is 0 Å². The Morgan fingerprint density at radius 2 is 1.96 bits per heavy atom. The first kappa shape index (κ1) is 15.1. The molecule has 132 valence electrons. The quantitative estimate of drug-likeness (QED) is 0.705. The first-order valence-electron chi connectivity index (χ1n) is 8.67. The number of imidazole rings is 1. The number of ether oxygens (including phenoxy) is 2. The number of nitrogens with two attached hydrogens (primary N) is 1. The Bertz CT molecular complexity index is 1040. The number of fused-ring (bicyclic) bond motifs is 4. The molecule has 3 N–H and O–H groups in total. The average Bonchev–Trinajstić information content (AvgIpc) is 2.81. The normalized spacial score (nSPS) is 18.7. The number of anilines is 1. The van der Waals surface area contributed by atoms with Gasteiger partial charge < -0.3 is 15.2 Å². The van der Waals surface area contributed by atoms with Crippen LogP contribution in [0.25, 0.3) is 11.0 Å². The van der Waals surface area contributed by atoms with Crippen molar-refractivity contribution in [1.29, 1.82) is 0 Å². The van der Waals surface area contributed by atoms with Crippen molar-refractivity contribution in [2.24, 2.45) is 10.7 Å². The summed E-state index contributed by atoms with van der Waals surface area (Å²) in [5.41, 5.74) is 10.00. The van der Waals surface area contributed by atoms with E-state index >= 15 is 0 Å². The SMILES string of the molecule is Cc1cccc(C2N=C(N)Nc3nc4cc5c(cc4n32)OCCCO5)c1. The predicted octanol–water partition coefficient (Wildman–Crippen LogP) is 2.79. The summed E-state index contributed by atoms with van der Waals surface area (Å²) in [6.45, 7) is 3.35. The monoisotopic (exact) mass is 349 g/mol. The number of nitrogens with one attached hydrogen (secondary N) is 1. The number of aliphatic imine (C=N–C) groups is 1. The van der Waals surface area contributed by atoms with E-state index in [0.29, 0.717) is 25.1 Å². The van der Waals surface area contributed by atoms with Crippen molar-refractivity contribution in [3.63, 3.8) is 0 Å². The van der Waals surface area contributed by atoms with E-state index in [9.17, 15) is 0 Å². The third-order valence-corrected chi connectivity index (χ3v) is 4.64. The molecule has 0 fully saturated rings. The Balaban J connectivity index is 1.72. The molecule has 26 heavy (non-hydrogen) atoms. The zero-order valence-electron chi connectivity index (χ0n) is 14.4. The van der Waals surface area contributed by atoms with Gasteiger partial charge in [-0.25, -0.2) is 9.98 Å². The second kappa shape index (κ2) is 5.66. The Morgan fingerprint density at radius 3 is 2.77 bits per heavy atom. The molecular weight excluding hydrogens is 330 g/mol. The highest BCUT2D eigenvalue weighted by molar-refractivity contribution is 5.95. The van der Waals surface area contributed by atoms with Crippen molar-refractivity contribution >= 4 is 22.9 Å². The molecule has 0 bridgehead atoms. The number of benzene rings is 2. The second-order valence-corrected chi connectivity index (χ2v) is 6.57. The summed E-state index contributed by atoms with van der Waals surface area (Å²) in [5, 5.41) is 3.06. The van der Waals surface area contributed by atoms with Gasteiger partial charge in [0.05, 0.1) is 24.2 Å². The standard InChI is InChI=1S/C19H19N5O2/c1-11-4-2-5-12(8-11)17-22-18(20)23-19-21-13-9-15-16(10-14(13)24(17)19)26-7-3-6-25-15/h2,4-5,8-10,17H,3,6-7H2,1H3,(H3,20,21,22,23). The van der Waals surface area contributed by atoms with Crippen LogP contribution in [0.15, 0.2) is 41.4 Å². The molecule has 0 saturated heterocycles. The lowest BCUT2D eigenvalue weighted by atomic mass is 10.1. The van der Waals surface area contributed by atoms with Crippen LogP contribution in [0, 0.1) is 6.92 Å². The summed E-state index contributed by atoms with van der Waals surface area (Å²) in [4.78, 5) is 9.32. The zero-order valence-corrected chi connectivity index (χ0v) is 14.4. The van der Waals surface area contributed by atoms with Crippen molar-refractivity contribution in [1.82, 2.24) is 9.55 Å². The molecule has 0 aliphatic carbocycles. The number of rotatable bonds is 1. The van der Waals surface area contributed by atoms with Gasteiger partial charge in [0.15, 0.2) is 23.6 Å². The van der Waals surface area contributed by atoms with Gasteiger partial charge in [-0.3, -0.25) is 9.88 Å². The van der Waals surface area contributed by atoms with E-state index in [1.165, 1.54) is 5.56 Å². The van der Waals surface area contributed by atoms with Crippen molar-refractivity contribution in [2.45, 2.75) is 19.5 Å². The van der Waals surface area contributed by atoms with Gasteiger partial charge in [-0.15, -0.1) is 0 Å². The summed E-state index contributed by atoms with van der Waals surface area (Å²) in [5.74, 6) is 2.49. The fourth-order valence-corrected chi connectivity index (χ4v) is 3.48.